The first-order chi connectivity index (χ1) is 24.3. The van der Waals surface area contributed by atoms with Gasteiger partial charge in [0, 0.05) is 51.6 Å². The third kappa shape index (κ3) is 7.25. The molecule has 0 unspecified atom stereocenters. The molecule has 2 amide bonds. The van der Waals surface area contributed by atoms with Crippen LogP contribution in [0, 0.1) is 6.92 Å². The summed E-state index contributed by atoms with van der Waals surface area (Å²) in [5.41, 5.74) is 5.12. The van der Waals surface area contributed by atoms with Crippen LogP contribution in [-0.4, -0.2) is 49.3 Å². The highest BCUT2D eigenvalue weighted by Gasteiger charge is 2.22. The van der Waals surface area contributed by atoms with Crippen molar-refractivity contribution >= 4 is 51.7 Å². The number of aryl methyl sites for hydroxylation is 1. The molecule has 4 aromatic carbocycles. The van der Waals surface area contributed by atoms with Crippen molar-refractivity contribution in [1.82, 2.24) is 29.9 Å². The Hall–Kier alpha value is -5.80. The minimum absolute atomic E-state index is 0.259. The summed E-state index contributed by atoms with van der Waals surface area (Å²) in [7, 11) is -2.42. The largest absolute Gasteiger partial charge is 0.438 e. The molecule has 0 aliphatic heterocycles. The Labute approximate surface area is 295 Å². The highest BCUT2D eigenvalue weighted by Crippen LogP contribution is 2.36. The van der Waals surface area contributed by atoms with Crippen LogP contribution in [0.15, 0.2) is 97.3 Å². The van der Waals surface area contributed by atoms with Crippen LogP contribution in [0.1, 0.15) is 43.4 Å². The number of rotatable bonds is 8. The molecule has 0 aliphatic carbocycles. The van der Waals surface area contributed by atoms with Crippen molar-refractivity contribution in [2.75, 3.05) is 24.0 Å². The lowest BCUT2D eigenvalue weighted by Gasteiger charge is -2.14. The van der Waals surface area contributed by atoms with E-state index in [-0.39, 0.29) is 5.41 Å². The van der Waals surface area contributed by atoms with Gasteiger partial charge in [-0.3, -0.25) is 10.4 Å². The fraction of sp³-hybridized carbons (Fsp3) is 0.205. The number of hydrogen-bond acceptors (Lipinski definition) is 7. The van der Waals surface area contributed by atoms with Gasteiger partial charge in [0.1, 0.15) is 24.5 Å². The smallest absolute Gasteiger partial charge is 0.324 e. The predicted molar refractivity (Wildman–Crippen MR) is 204 cm³/mol. The maximum absolute atomic E-state index is 13.5. The number of fused-ring (bicyclic) bond motifs is 2. The van der Waals surface area contributed by atoms with Gasteiger partial charge >= 0.3 is 6.03 Å². The van der Waals surface area contributed by atoms with E-state index in [0.717, 1.165) is 49.5 Å². The Morgan fingerprint density at radius 3 is 2.45 bits per heavy atom. The molecule has 3 heterocycles. The Kier molecular flexibility index (Phi) is 8.69. The van der Waals surface area contributed by atoms with Gasteiger partial charge in [0.25, 0.3) is 0 Å². The molecular weight excluding hydrogens is 659 g/mol. The molecule has 0 fully saturated rings. The van der Waals surface area contributed by atoms with Gasteiger partial charge in [-0.05, 0) is 73.8 Å². The Morgan fingerprint density at radius 1 is 0.941 bits per heavy atom. The Balaban J connectivity index is 1.11. The summed E-state index contributed by atoms with van der Waals surface area (Å²) in [6.07, 6.45) is 4.05. The average molecular weight is 699 g/mol. The molecule has 0 spiro atoms. The van der Waals surface area contributed by atoms with Gasteiger partial charge < -0.3 is 14.6 Å². The molecule has 0 aliphatic rings. The molecule has 3 N–H and O–H groups in total. The molecule has 258 valence electrons. The number of anilines is 2. The van der Waals surface area contributed by atoms with E-state index in [9.17, 15) is 9.36 Å². The lowest BCUT2D eigenvalue weighted by molar-refractivity contribution is 0.262. The van der Waals surface area contributed by atoms with E-state index in [1.807, 2.05) is 72.9 Å². The molecule has 0 bridgehead atoms. The standard InChI is InChI=1S/C39H39N8O3P/c1-24-19-25(20-26-23-41-45-37(24)26)21-34-40-18-17-36(43-34)50-32-16-15-31(29-9-7-8-10-30(29)32)42-38(48)44-35-22-33(39(2,3)4)46-47(35)27-11-13-28(14-12-27)51(5,6)49/h7-20,22-23H,21H2,1-6H3,(H,41,45)(H2,42,44,48). The second kappa shape index (κ2) is 13.2. The van der Waals surface area contributed by atoms with Crippen LogP contribution in [0.5, 0.6) is 11.6 Å². The number of aromatic amines is 1. The van der Waals surface area contributed by atoms with Crippen LogP contribution in [0.2, 0.25) is 0 Å². The maximum Gasteiger partial charge on any atom is 0.324 e. The Morgan fingerprint density at radius 2 is 1.71 bits per heavy atom. The third-order valence-corrected chi connectivity index (χ3v) is 10.2. The van der Waals surface area contributed by atoms with Gasteiger partial charge in [-0.15, -0.1) is 0 Å². The summed E-state index contributed by atoms with van der Waals surface area (Å²) in [4.78, 5) is 22.7. The predicted octanol–water partition coefficient (Wildman–Crippen LogP) is 8.57. The number of nitrogens with one attached hydrogen (secondary N) is 3. The summed E-state index contributed by atoms with van der Waals surface area (Å²) < 4.78 is 20.6. The van der Waals surface area contributed by atoms with Crippen molar-refractivity contribution in [3.05, 3.63) is 120 Å². The van der Waals surface area contributed by atoms with Crippen molar-refractivity contribution in [3.63, 3.8) is 0 Å². The minimum Gasteiger partial charge on any atom is -0.438 e. The lowest BCUT2D eigenvalue weighted by atomic mass is 9.92. The van der Waals surface area contributed by atoms with Gasteiger partial charge in [0.05, 0.1) is 28.8 Å². The van der Waals surface area contributed by atoms with Gasteiger partial charge in [0.2, 0.25) is 5.88 Å². The number of carbonyl (C=O) groups excluding carboxylic acids is 1. The molecule has 0 saturated carbocycles. The highest BCUT2D eigenvalue weighted by atomic mass is 31.2. The van der Waals surface area contributed by atoms with E-state index in [1.54, 1.807) is 30.3 Å². The zero-order chi connectivity index (χ0) is 35.9. The molecule has 7 rings (SSSR count). The molecule has 11 nitrogen and oxygen atoms in total. The zero-order valence-electron chi connectivity index (χ0n) is 29.4. The number of nitrogens with zero attached hydrogens (tertiary/aromatic N) is 5. The van der Waals surface area contributed by atoms with Gasteiger partial charge in [-0.1, -0.05) is 51.1 Å². The van der Waals surface area contributed by atoms with E-state index < -0.39 is 13.2 Å². The maximum atomic E-state index is 13.5. The number of aromatic nitrogens is 6. The number of benzene rings is 4. The first-order valence-electron chi connectivity index (χ1n) is 16.6. The number of H-pyrrole nitrogens is 1. The lowest BCUT2D eigenvalue weighted by Crippen LogP contribution is -2.21. The zero-order valence-corrected chi connectivity index (χ0v) is 30.2. The van der Waals surface area contributed by atoms with Crippen molar-refractivity contribution < 1.29 is 14.1 Å². The second-order valence-corrected chi connectivity index (χ2v) is 17.2. The monoisotopic (exact) mass is 698 g/mol. The molecule has 51 heavy (non-hydrogen) atoms. The molecular formula is C39H39N8O3P. The molecule has 3 aromatic heterocycles. The van der Waals surface area contributed by atoms with E-state index in [0.29, 0.717) is 35.4 Å². The number of ether oxygens (including phenoxy) is 1. The summed E-state index contributed by atoms with van der Waals surface area (Å²) in [5, 5.41) is 21.4. The fourth-order valence-corrected chi connectivity index (χ4v) is 6.82. The van der Waals surface area contributed by atoms with Crippen LogP contribution in [0.3, 0.4) is 0 Å². The Bertz CT molecular complexity index is 2460. The van der Waals surface area contributed by atoms with E-state index in [1.165, 1.54) is 0 Å². The van der Waals surface area contributed by atoms with Crippen molar-refractivity contribution in [1.29, 1.82) is 0 Å². The quantitative estimate of drug-likeness (QED) is 0.135. The van der Waals surface area contributed by atoms with Crippen LogP contribution < -0.4 is 20.7 Å². The third-order valence-electron chi connectivity index (χ3n) is 8.63. The van der Waals surface area contributed by atoms with Crippen molar-refractivity contribution in [2.24, 2.45) is 0 Å². The topological polar surface area (TPSA) is 140 Å². The normalized spacial score (nSPS) is 12.0. The first kappa shape index (κ1) is 33.7. The average Bonchev–Trinajstić information content (AvgIpc) is 3.74. The number of urea groups is 1. The summed E-state index contributed by atoms with van der Waals surface area (Å²) in [5.74, 6) is 2.15. The SMILES string of the molecule is Cc1cc(Cc2nccc(Oc3ccc(NC(=O)Nc4cc(C(C)(C)C)nn4-c4ccc(P(C)(C)=O)cc4)c4ccccc34)n2)cc2cn[nH]c12. The fourth-order valence-electron chi connectivity index (χ4n) is 5.96. The molecule has 0 radical (unpaired) electrons. The molecule has 12 heteroatoms. The van der Waals surface area contributed by atoms with Gasteiger partial charge in [-0.25, -0.2) is 14.5 Å². The van der Waals surface area contributed by atoms with E-state index >= 15 is 0 Å². The van der Waals surface area contributed by atoms with Crippen LogP contribution >= 0.6 is 7.14 Å². The number of carbonyl (C=O) groups is 1. The highest BCUT2D eigenvalue weighted by molar-refractivity contribution is 7.70. The van der Waals surface area contributed by atoms with Gasteiger partial charge in [0.15, 0.2) is 0 Å². The number of hydrogen-bond donors (Lipinski definition) is 3. The minimum atomic E-state index is -2.42. The van der Waals surface area contributed by atoms with E-state index in [4.69, 9.17) is 14.8 Å². The van der Waals surface area contributed by atoms with Crippen LogP contribution in [-0.2, 0) is 16.4 Å². The van der Waals surface area contributed by atoms with Crippen molar-refractivity contribution in [2.45, 2.75) is 39.5 Å². The number of amides is 2. The van der Waals surface area contributed by atoms with Crippen molar-refractivity contribution in [3.8, 4) is 17.3 Å². The molecule has 0 saturated heterocycles. The molecule has 0 atom stereocenters. The second-order valence-electron chi connectivity index (χ2n) is 14.0. The summed E-state index contributed by atoms with van der Waals surface area (Å²) in [6.45, 7) is 11.7. The van der Waals surface area contributed by atoms with E-state index in [2.05, 4.69) is 65.6 Å². The van der Waals surface area contributed by atoms with Crippen LogP contribution in [0.4, 0.5) is 16.3 Å². The summed E-state index contributed by atoms with van der Waals surface area (Å²) in [6, 6.07) is 26.1. The molecule has 7 aromatic rings. The summed E-state index contributed by atoms with van der Waals surface area (Å²) >= 11 is 0. The van der Waals surface area contributed by atoms with Crippen LogP contribution in [0.25, 0.3) is 27.4 Å². The first-order valence-corrected chi connectivity index (χ1v) is 19.2. The van der Waals surface area contributed by atoms with Gasteiger partial charge in [-0.2, -0.15) is 15.2 Å².